The summed E-state index contributed by atoms with van der Waals surface area (Å²) >= 11 is 3.31. The van der Waals surface area contributed by atoms with Crippen LogP contribution in [-0.2, 0) is 0 Å². The highest BCUT2D eigenvalue weighted by atomic mass is 79.9. The molecule has 0 heterocycles. The van der Waals surface area contributed by atoms with E-state index in [0.29, 0.717) is 11.8 Å². The van der Waals surface area contributed by atoms with Gasteiger partial charge in [-0.05, 0) is 12.3 Å². The summed E-state index contributed by atoms with van der Waals surface area (Å²) in [6, 6.07) is 2.21. The predicted molar refractivity (Wildman–Crippen MR) is 31.0 cm³/mol. The SMILES string of the molecule is N#C[C@H]1C[C@H]1CBr. The lowest BCUT2D eigenvalue weighted by Gasteiger charge is -1.75. The molecule has 7 heavy (non-hydrogen) atoms. The maximum Gasteiger partial charge on any atom is 0.0659 e. The minimum Gasteiger partial charge on any atom is -0.198 e. The van der Waals surface area contributed by atoms with Gasteiger partial charge in [0.25, 0.3) is 0 Å². The zero-order valence-corrected chi connectivity index (χ0v) is 5.48. The van der Waals surface area contributed by atoms with Crippen molar-refractivity contribution in [3.05, 3.63) is 0 Å². The Morgan fingerprint density at radius 2 is 2.57 bits per heavy atom. The van der Waals surface area contributed by atoms with E-state index in [2.05, 4.69) is 22.0 Å². The lowest BCUT2D eigenvalue weighted by molar-refractivity contribution is 0.930. The number of rotatable bonds is 1. The molecule has 0 spiro atoms. The molecule has 1 aliphatic rings. The fourth-order valence-corrected chi connectivity index (χ4v) is 1.29. The molecule has 0 radical (unpaired) electrons. The zero-order valence-electron chi connectivity index (χ0n) is 3.89. The molecule has 2 atom stereocenters. The van der Waals surface area contributed by atoms with E-state index >= 15 is 0 Å². The minimum absolute atomic E-state index is 0.374. The third kappa shape index (κ3) is 0.947. The average molecular weight is 160 g/mol. The van der Waals surface area contributed by atoms with Crippen LogP contribution < -0.4 is 0 Å². The average Bonchev–Trinajstić information content (AvgIpc) is 2.43. The van der Waals surface area contributed by atoms with E-state index in [4.69, 9.17) is 5.26 Å². The molecule has 0 bridgehead atoms. The third-order valence-electron chi connectivity index (χ3n) is 1.29. The second-order valence-corrected chi connectivity index (χ2v) is 2.53. The van der Waals surface area contributed by atoms with E-state index in [9.17, 15) is 0 Å². The first-order valence-corrected chi connectivity index (χ1v) is 3.46. The van der Waals surface area contributed by atoms with Crippen molar-refractivity contribution in [3.63, 3.8) is 0 Å². The summed E-state index contributed by atoms with van der Waals surface area (Å²) in [6.45, 7) is 0. The molecule has 1 aliphatic carbocycles. The van der Waals surface area contributed by atoms with Crippen molar-refractivity contribution in [2.45, 2.75) is 6.42 Å². The van der Waals surface area contributed by atoms with Crippen LogP contribution in [0.5, 0.6) is 0 Å². The van der Waals surface area contributed by atoms with Gasteiger partial charge in [-0.15, -0.1) is 0 Å². The van der Waals surface area contributed by atoms with Crippen LogP contribution in [0.1, 0.15) is 6.42 Å². The molecule has 1 nitrogen and oxygen atoms in total. The first-order chi connectivity index (χ1) is 3.38. The summed E-state index contributed by atoms with van der Waals surface area (Å²) in [4.78, 5) is 0. The summed E-state index contributed by atoms with van der Waals surface area (Å²) in [5.74, 6) is 1.05. The quantitative estimate of drug-likeness (QED) is 0.533. The molecule has 0 amide bonds. The topological polar surface area (TPSA) is 23.8 Å². The second kappa shape index (κ2) is 1.83. The predicted octanol–water partition coefficient (Wildman–Crippen LogP) is 1.54. The van der Waals surface area contributed by atoms with Crippen molar-refractivity contribution in [2.24, 2.45) is 11.8 Å². The third-order valence-corrected chi connectivity index (χ3v) is 2.12. The van der Waals surface area contributed by atoms with Gasteiger partial charge < -0.3 is 0 Å². The van der Waals surface area contributed by atoms with E-state index in [-0.39, 0.29) is 0 Å². The Hall–Kier alpha value is -0.0300. The Bertz CT molecular complexity index is 105. The number of nitrogens with zero attached hydrogens (tertiary/aromatic N) is 1. The maximum absolute atomic E-state index is 8.24. The van der Waals surface area contributed by atoms with Crippen LogP contribution >= 0.6 is 15.9 Å². The van der Waals surface area contributed by atoms with Crippen molar-refractivity contribution in [1.82, 2.24) is 0 Å². The van der Waals surface area contributed by atoms with E-state index in [1.165, 1.54) is 0 Å². The van der Waals surface area contributed by atoms with Crippen molar-refractivity contribution in [3.8, 4) is 6.07 Å². The molecule has 0 aromatic rings. The monoisotopic (exact) mass is 159 g/mol. The van der Waals surface area contributed by atoms with Gasteiger partial charge in [-0.3, -0.25) is 0 Å². The van der Waals surface area contributed by atoms with Gasteiger partial charge in [-0.25, -0.2) is 0 Å². The molecular formula is C5H6BrN. The second-order valence-electron chi connectivity index (χ2n) is 1.89. The smallest absolute Gasteiger partial charge is 0.0659 e. The van der Waals surface area contributed by atoms with Gasteiger partial charge in [-0.2, -0.15) is 5.26 Å². The first kappa shape index (κ1) is 5.11. The van der Waals surface area contributed by atoms with Crippen molar-refractivity contribution in [2.75, 3.05) is 5.33 Å². The highest BCUT2D eigenvalue weighted by molar-refractivity contribution is 9.09. The Morgan fingerprint density at radius 3 is 2.71 bits per heavy atom. The standard InChI is InChI=1S/C5H6BrN/c6-2-4-1-5(4)3-7/h4-5H,1-2H2/t4-,5+/m0/s1. The Kier molecular flexibility index (Phi) is 1.34. The highest BCUT2D eigenvalue weighted by Gasteiger charge is 2.35. The van der Waals surface area contributed by atoms with E-state index < -0.39 is 0 Å². The highest BCUT2D eigenvalue weighted by Crippen LogP contribution is 2.38. The first-order valence-electron chi connectivity index (χ1n) is 2.34. The van der Waals surface area contributed by atoms with Crippen LogP contribution in [0.15, 0.2) is 0 Å². The lowest BCUT2D eigenvalue weighted by Crippen LogP contribution is -1.76. The lowest BCUT2D eigenvalue weighted by atomic mass is 10.4. The van der Waals surface area contributed by atoms with Gasteiger partial charge in [0.05, 0.1) is 12.0 Å². The van der Waals surface area contributed by atoms with Crippen molar-refractivity contribution >= 4 is 15.9 Å². The fraction of sp³-hybridized carbons (Fsp3) is 0.800. The largest absolute Gasteiger partial charge is 0.198 e. The molecular weight excluding hydrogens is 154 g/mol. The number of alkyl halides is 1. The van der Waals surface area contributed by atoms with Gasteiger partial charge in [0.2, 0.25) is 0 Å². The number of halogens is 1. The maximum atomic E-state index is 8.24. The summed E-state index contributed by atoms with van der Waals surface area (Å²) in [6.07, 6.45) is 1.11. The van der Waals surface area contributed by atoms with Crippen LogP contribution in [0.4, 0.5) is 0 Å². The van der Waals surface area contributed by atoms with Gasteiger partial charge >= 0.3 is 0 Å². The number of hydrogen-bond donors (Lipinski definition) is 0. The van der Waals surface area contributed by atoms with Crippen LogP contribution in [-0.4, -0.2) is 5.33 Å². The number of hydrogen-bond acceptors (Lipinski definition) is 1. The molecule has 38 valence electrons. The summed E-state index contributed by atoms with van der Waals surface area (Å²) in [5.41, 5.74) is 0. The zero-order chi connectivity index (χ0) is 5.28. The van der Waals surface area contributed by atoms with Crippen LogP contribution in [0, 0.1) is 23.2 Å². The van der Waals surface area contributed by atoms with Crippen LogP contribution in [0.2, 0.25) is 0 Å². The normalized spacial score (nSPS) is 37.1. The van der Waals surface area contributed by atoms with Gasteiger partial charge in [-0.1, -0.05) is 15.9 Å². The molecule has 0 saturated heterocycles. The molecule has 0 aliphatic heterocycles. The summed E-state index contributed by atoms with van der Waals surface area (Å²) in [5, 5.41) is 9.24. The van der Waals surface area contributed by atoms with Crippen molar-refractivity contribution in [1.29, 1.82) is 5.26 Å². The Labute approximate surface area is 51.5 Å². The van der Waals surface area contributed by atoms with E-state index in [0.717, 1.165) is 11.8 Å². The van der Waals surface area contributed by atoms with Gasteiger partial charge in [0.1, 0.15) is 0 Å². The Balaban J connectivity index is 2.21. The van der Waals surface area contributed by atoms with Gasteiger partial charge in [0.15, 0.2) is 0 Å². The van der Waals surface area contributed by atoms with E-state index in [1.807, 2.05) is 0 Å². The molecule has 2 heteroatoms. The Morgan fingerprint density at radius 1 is 1.86 bits per heavy atom. The number of nitriles is 1. The van der Waals surface area contributed by atoms with Crippen LogP contribution in [0.3, 0.4) is 0 Å². The van der Waals surface area contributed by atoms with Crippen LogP contribution in [0.25, 0.3) is 0 Å². The molecule has 1 fully saturated rings. The molecule has 1 saturated carbocycles. The van der Waals surface area contributed by atoms with Gasteiger partial charge in [0, 0.05) is 5.33 Å². The summed E-state index contributed by atoms with van der Waals surface area (Å²) < 4.78 is 0. The molecule has 0 N–H and O–H groups in total. The molecule has 0 unspecified atom stereocenters. The van der Waals surface area contributed by atoms with E-state index in [1.54, 1.807) is 0 Å². The molecule has 1 rings (SSSR count). The van der Waals surface area contributed by atoms with Crippen molar-refractivity contribution < 1.29 is 0 Å². The summed E-state index contributed by atoms with van der Waals surface area (Å²) in [7, 11) is 0. The minimum atomic E-state index is 0.374. The fourth-order valence-electron chi connectivity index (χ4n) is 0.576. The molecule has 0 aromatic carbocycles. The molecule has 0 aromatic heterocycles.